The highest BCUT2D eigenvalue weighted by Crippen LogP contribution is 2.34. The van der Waals surface area contributed by atoms with Crippen LogP contribution in [0.3, 0.4) is 0 Å². The van der Waals surface area contributed by atoms with Gasteiger partial charge in [-0.2, -0.15) is 4.58 Å². The molecule has 0 aliphatic carbocycles. The molecule has 1 saturated heterocycles. The maximum Gasteiger partial charge on any atom is 0.375 e. The number of anilines is 1. The van der Waals surface area contributed by atoms with Crippen molar-refractivity contribution in [1.29, 1.82) is 0 Å². The molecular weight excluding hydrogens is 320 g/mol. The number of carbonyl (C=O) groups excluding carboxylic acids is 1. The van der Waals surface area contributed by atoms with Crippen molar-refractivity contribution in [1.82, 2.24) is 0 Å². The molecule has 0 radical (unpaired) electrons. The highest BCUT2D eigenvalue weighted by Gasteiger charge is 2.22. The Morgan fingerprint density at radius 2 is 2.04 bits per heavy atom. The van der Waals surface area contributed by atoms with Crippen molar-refractivity contribution in [3.63, 3.8) is 0 Å². The SMILES string of the molecule is C=C/C=C(/OC(=O)c1cc(SC)c(N2CCCC2)cc1C)[N+](=C)C. The van der Waals surface area contributed by atoms with E-state index in [1.807, 2.05) is 19.2 Å². The fraction of sp³-hybridized carbons (Fsp3) is 0.368. The number of esters is 1. The highest BCUT2D eigenvalue weighted by molar-refractivity contribution is 7.98. The maximum atomic E-state index is 12.6. The summed E-state index contributed by atoms with van der Waals surface area (Å²) in [5, 5.41) is 0. The first-order valence-electron chi connectivity index (χ1n) is 8.00. The van der Waals surface area contributed by atoms with Gasteiger partial charge in [0.2, 0.25) is 0 Å². The normalized spacial score (nSPS) is 14.6. The zero-order chi connectivity index (χ0) is 17.7. The molecule has 0 saturated carbocycles. The molecule has 0 bridgehead atoms. The maximum absolute atomic E-state index is 12.6. The minimum Gasteiger partial charge on any atom is -0.371 e. The van der Waals surface area contributed by atoms with Gasteiger partial charge >= 0.3 is 11.9 Å². The third kappa shape index (κ3) is 4.09. The largest absolute Gasteiger partial charge is 0.375 e. The van der Waals surface area contributed by atoms with Gasteiger partial charge in [-0.05, 0) is 43.7 Å². The van der Waals surface area contributed by atoms with Crippen LogP contribution < -0.4 is 4.90 Å². The molecule has 4 nitrogen and oxygen atoms in total. The van der Waals surface area contributed by atoms with Crippen LogP contribution in [0.5, 0.6) is 0 Å². The van der Waals surface area contributed by atoms with Crippen LogP contribution in [0.1, 0.15) is 28.8 Å². The fourth-order valence-electron chi connectivity index (χ4n) is 2.75. The predicted molar refractivity (Wildman–Crippen MR) is 101 cm³/mol. The van der Waals surface area contributed by atoms with Crippen molar-refractivity contribution in [3.05, 3.63) is 47.9 Å². The molecule has 1 aromatic carbocycles. The summed E-state index contributed by atoms with van der Waals surface area (Å²) in [5.74, 6) is -0.0110. The van der Waals surface area contributed by atoms with Crippen molar-refractivity contribution in [2.45, 2.75) is 24.7 Å². The molecule has 2 rings (SSSR count). The van der Waals surface area contributed by atoms with E-state index in [0.29, 0.717) is 11.4 Å². The van der Waals surface area contributed by atoms with Crippen LogP contribution in [0.25, 0.3) is 0 Å². The summed E-state index contributed by atoms with van der Waals surface area (Å²) in [6.07, 6.45) is 7.67. The molecule has 0 aromatic heterocycles. The third-order valence-electron chi connectivity index (χ3n) is 4.03. The monoisotopic (exact) mass is 345 g/mol. The minimum absolute atomic E-state index is 0.365. The molecule has 24 heavy (non-hydrogen) atoms. The number of nitrogens with zero attached hydrogens (tertiary/aromatic N) is 2. The van der Waals surface area contributed by atoms with E-state index in [9.17, 15) is 4.79 Å². The summed E-state index contributed by atoms with van der Waals surface area (Å²) in [7, 11) is 1.72. The zero-order valence-corrected chi connectivity index (χ0v) is 15.5. The number of allylic oxidation sites excluding steroid dienone is 2. The smallest absolute Gasteiger partial charge is 0.371 e. The van der Waals surface area contributed by atoms with Gasteiger partial charge in [0.05, 0.1) is 17.3 Å². The lowest BCUT2D eigenvalue weighted by atomic mass is 10.1. The summed E-state index contributed by atoms with van der Waals surface area (Å²) in [6, 6.07) is 4.03. The Kier molecular flexibility index (Phi) is 6.26. The lowest BCUT2D eigenvalue weighted by Gasteiger charge is -2.22. The Bertz CT molecular complexity index is 689. The molecule has 0 atom stereocenters. The van der Waals surface area contributed by atoms with E-state index in [1.165, 1.54) is 23.1 Å². The van der Waals surface area contributed by atoms with Gasteiger partial charge in [0.1, 0.15) is 13.8 Å². The zero-order valence-electron chi connectivity index (χ0n) is 14.7. The lowest BCUT2D eigenvalue weighted by Crippen LogP contribution is -2.19. The van der Waals surface area contributed by atoms with Crippen molar-refractivity contribution in [2.75, 3.05) is 31.3 Å². The van der Waals surface area contributed by atoms with Gasteiger partial charge in [0.15, 0.2) is 0 Å². The Morgan fingerprint density at radius 3 is 2.58 bits per heavy atom. The van der Waals surface area contributed by atoms with Crippen LogP contribution in [0, 0.1) is 6.92 Å². The van der Waals surface area contributed by atoms with E-state index in [2.05, 4.69) is 24.3 Å². The summed E-state index contributed by atoms with van der Waals surface area (Å²) < 4.78 is 6.98. The summed E-state index contributed by atoms with van der Waals surface area (Å²) in [4.78, 5) is 16.1. The van der Waals surface area contributed by atoms with Crippen molar-refractivity contribution < 1.29 is 14.1 Å². The van der Waals surface area contributed by atoms with Gasteiger partial charge in [-0.3, -0.25) is 0 Å². The Morgan fingerprint density at radius 1 is 1.38 bits per heavy atom. The van der Waals surface area contributed by atoms with E-state index in [1.54, 1.807) is 31.0 Å². The molecule has 0 unspecified atom stereocenters. The van der Waals surface area contributed by atoms with Crippen molar-refractivity contribution >= 4 is 30.1 Å². The summed E-state index contributed by atoms with van der Waals surface area (Å²) in [5.41, 5.74) is 2.72. The highest BCUT2D eigenvalue weighted by atomic mass is 32.2. The number of thioether (sulfide) groups is 1. The number of aryl methyl sites for hydroxylation is 1. The Hall–Kier alpha value is -2.01. The minimum atomic E-state index is -0.376. The van der Waals surface area contributed by atoms with Crippen LogP contribution in [0.2, 0.25) is 0 Å². The predicted octanol–water partition coefficient (Wildman–Crippen LogP) is 3.84. The van der Waals surface area contributed by atoms with E-state index < -0.39 is 0 Å². The average Bonchev–Trinajstić information content (AvgIpc) is 3.08. The third-order valence-corrected chi connectivity index (χ3v) is 4.79. The van der Waals surface area contributed by atoms with Gasteiger partial charge < -0.3 is 9.64 Å². The first kappa shape index (κ1) is 18.3. The van der Waals surface area contributed by atoms with Crippen LogP contribution in [-0.2, 0) is 4.74 Å². The number of ether oxygens (including phenoxy) is 1. The second kappa shape index (κ2) is 8.20. The first-order valence-corrected chi connectivity index (χ1v) is 9.23. The van der Waals surface area contributed by atoms with Crippen molar-refractivity contribution in [3.8, 4) is 0 Å². The number of hydrogen-bond donors (Lipinski definition) is 0. The number of carbonyl (C=O) groups is 1. The van der Waals surface area contributed by atoms with E-state index in [4.69, 9.17) is 4.74 Å². The number of hydrogen-bond acceptors (Lipinski definition) is 4. The quantitative estimate of drug-likeness (QED) is 0.196. The van der Waals surface area contributed by atoms with Gasteiger partial charge in [0, 0.05) is 18.0 Å². The van der Waals surface area contributed by atoms with Crippen LogP contribution in [0.15, 0.2) is 41.6 Å². The van der Waals surface area contributed by atoms with Crippen LogP contribution in [0.4, 0.5) is 5.69 Å². The van der Waals surface area contributed by atoms with E-state index in [0.717, 1.165) is 23.5 Å². The average molecular weight is 345 g/mol. The second-order valence-corrected chi connectivity index (χ2v) is 6.71. The van der Waals surface area contributed by atoms with E-state index >= 15 is 0 Å². The van der Waals surface area contributed by atoms with Gasteiger partial charge in [-0.25, -0.2) is 4.79 Å². The molecular formula is C19H25N2O2S+. The standard InChI is InChI=1S/C19H25N2O2S/c1-6-9-18(20(3)4)23-19(22)15-13-17(24-5)16(12-14(15)2)21-10-7-8-11-21/h6,9,12-13H,1,3,7-8,10-11H2,2,4-5H3/q+1/b18-9+. The van der Waals surface area contributed by atoms with E-state index in [-0.39, 0.29) is 5.97 Å². The molecule has 1 fully saturated rings. The van der Waals surface area contributed by atoms with Crippen LogP contribution in [-0.4, -0.2) is 43.7 Å². The molecule has 0 spiro atoms. The molecule has 0 N–H and O–H groups in total. The molecule has 1 aliphatic heterocycles. The summed E-state index contributed by atoms with van der Waals surface area (Å²) in [6.45, 7) is 11.5. The first-order chi connectivity index (χ1) is 11.5. The number of benzene rings is 1. The fourth-order valence-corrected chi connectivity index (χ4v) is 3.38. The Balaban J connectivity index is 2.33. The Labute approximate surface area is 148 Å². The molecule has 1 heterocycles. The van der Waals surface area contributed by atoms with Crippen molar-refractivity contribution in [2.24, 2.45) is 0 Å². The second-order valence-electron chi connectivity index (χ2n) is 5.86. The lowest BCUT2D eigenvalue weighted by molar-refractivity contribution is -0.465. The van der Waals surface area contributed by atoms with Gasteiger partial charge in [-0.1, -0.05) is 12.7 Å². The molecule has 128 valence electrons. The van der Waals surface area contributed by atoms with Crippen LogP contribution >= 0.6 is 11.8 Å². The molecule has 5 heteroatoms. The molecule has 1 aliphatic rings. The van der Waals surface area contributed by atoms with Gasteiger partial charge in [0.25, 0.3) is 0 Å². The molecule has 1 aromatic rings. The number of rotatable bonds is 6. The topological polar surface area (TPSA) is 32.5 Å². The van der Waals surface area contributed by atoms with Gasteiger partial charge in [-0.15, -0.1) is 11.8 Å². The molecule has 0 amide bonds. The summed E-state index contributed by atoms with van der Waals surface area (Å²) >= 11 is 1.65.